The van der Waals surface area contributed by atoms with Gasteiger partial charge in [0.1, 0.15) is 0 Å². The van der Waals surface area contributed by atoms with E-state index < -0.39 is 5.41 Å². The maximum Gasteiger partial charge on any atom is 0.289 e. The van der Waals surface area contributed by atoms with Crippen LogP contribution in [0.4, 0.5) is 0 Å². The minimum absolute atomic E-state index is 0.0820. The van der Waals surface area contributed by atoms with Crippen LogP contribution in [-0.2, 0) is 10.2 Å². The van der Waals surface area contributed by atoms with Crippen molar-refractivity contribution in [1.82, 2.24) is 10.2 Å². The van der Waals surface area contributed by atoms with Gasteiger partial charge in [0.2, 0.25) is 5.91 Å². The second-order valence-corrected chi connectivity index (χ2v) is 7.90. The van der Waals surface area contributed by atoms with E-state index in [0.29, 0.717) is 23.9 Å². The van der Waals surface area contributed by atoms with Crippen LogP contribution in [0.5, 0.6) is 0 Å². The molecule has 1 N–H and O–H groups in total. The summed E-state index contributed by atoms with van der Waals surface area (Å²) < 4.78 is 5.19. The van der Waals surface area contributed by atoms with E-state index in [0.717, 1.165) is 37.7 Å². The van der Waals surface area contributed by atoms with E-state index in [4.69, 9.17) is 16.0 Å². The highest BCUT2D eigenvalue weighted by Crippen LogP contribution is 2.44. The lowest BCUT2D eigenvalue weighted by Crippen LogP contribution is -2.54. The van der Waals surface area contributed by atoms with Crippen LogP contribution >= 0.6 is 11.6 Å². The number of carbonyl (C=O) groups excluding carboxylic acids is 2. The van der Waals surface area contributed by atoms with Crippen molar-refractivity contribution in [2.75, 3.05) is 13.1 Å². The van der Waals surface area contributed by atoms with E-state index in [2.05, 4.69) is 5.32 Å². The molecule has 2 aliphatic rings. The first-order valence-corrected chi connectivity index (χ1v) is 9.86. The second-order valence-electron chi connectivity index (χ2n) is 7.46. The van der Waals surface area contributed by atoms with Gasteiger partial charge in [-0.25, -0.2) is 0 Å². The standard InChI is InChI=1S/C21H23ClN2O3/c22-16-6-4-15(5-7-16)21(10-2-11-21)20(26)23-17-8-12-24(13-9-17)19(25)18-3-1-14-27-18/h1,3-7,14,17H,2,8-13H2,(H,23,26). The SMILES string of the molecule is O=C(c1ccco1)N1CCC(NC(=O)C2(c3ccc(Cl)cc3)CCC2)CC1. The Morgan fingerprint density at radius 1 is 1.11 bits per heavy atom. The first-order valence-electron chi connectivity index (χ1n) is 9.48. The quantitative estimate of drug-likeness (QED) is 0.869. The number of hydrogen-bond donors (Lipinski definition) is 1. The summed E-state index contributed by atoms with van der Waals surface area (Å²) in [7, 11) is 0. The van der Waals surface area contributed by atoms with E-state index >= 15 is 0 Å². The largest absolute Gasteiger partial charge is 0.459 e. The van der Waals surface area contributed by atoms with Crippen molar-refractivity contribution in [3.63, 3.8) is 0 Å². The van der Waals surface area contributed by atoms with Crippen molar-refractivity contribution in [2.45, 2.75) is 43.6 Å². The molecule has 1 aliphatic heterocycles. The number of piperidine rings is 1. The molecule has 4 rings (SSSR count). The van der Waals surface area contributed by atoms with Gasteiger partial charge in [0, 0.05) is 24.2 Å². The van der Waals surface area contributed by atoms with E-state index in [9.17, 15) is 9.59 Å². The molecule has 2 heterocycles. The summed E-state index contributed by atoms with van der Waals surface area (Å²) in [5.41, 5.74) is 0.618. The van der Waals surface area contributed by atoms with Crippen LogP contribution in [0.15, 0.2) is 47.1 Å². The molecule has 0 bridgehead atoms. The maximum absolute atomic E-state index is 13.1. The molecule has 2 aromatic rings. The van der Waals surface area contributed by atoms with E-state index in [1.54, 1.807) is 17.0 Å². The van der Waals surface area contributed by atoms with Gasteiger partial charge in [0.15, 0.2) is 5.76 Å². The third-order valence-electron chi connectivity index (χ3n) is 5.89. The van der Waals surface area contributed by atoms with Gasteiger partial charge in [-0.2, -0.15) is 0 Å². The monoisotopic (exact) mass is 386 g/mol. The van der Waals surface area contributed by atoms with Crippen molar-refractivity contribution >= 4 is 23.4 Å². The molecule has 5 nitrogen and oxygen atoms in total. The first kappa shape index (κ1) is 18.1. The summed E-state index contributed by atoms with van der Waals surface area (Å²) in [5, 5.41) is 3.92. The molecule has 2 amide bonds. The third kappa shape index (κ3) is 3.48. The topological polar surface area (TPSA) is 62.6 Å². The number of furan rings is 1. The highest BCUT2D eigenvalue weighted by atomic mass is 35.5. The Balaban J connectivity index is 1.36. The summed E-state index contributed by atoms with van der Waals surface area (Å²) in [6.07, 6.45) is 5.83. The fraction of sp³-hybridized carbons (Fsp3) is 0.429. The molecular weight excluding hydrogens is 364 g/mol. The van der Waals surface area contributed by atoms with Gasteiger partial charge in [-0.15, -0.1) is 0 Å². The number of nitrogens with zero attached hydrogens (tertiary/aromatic N) is 1. The zero-order valence-corrected chi connectivity index (χ0v) is 15.9. The normalized spacial score (nSPS) is 19.4. The molecule has 0 atom stereocenters. The van der Waals surface area contributed by atoms with Gasteiger partial charge in [0.05, 0.1) is 11.7 Å². The van der Waals surface area contributed by atoms with E-state index in [1.165, 1.54) is 6.26 Å². The Bertz CT molecular complexity index is 804. The Labute approximate surface area is 163 Å². The van der Waals surface area contributed by atoms with Crippen molar-refractivity contribution < 1.29 is 14.0 Å². The molecule has 1 saturated carbocycles. The lowest BCUT2D eigenvalue weighted by molar-refractivity contribution is -0.131. The molecule has 142 valence electrons. The van der Waals surface area contributed by atoms with Crippen molar-refractivity contribution in [3.05, 3.63) is 59.0 Å². The van der Waals surface area contributed by atoms with E-state index in [-0.39, 0.29) is 17.9 Å². The Morgan fingerprint density at radius 2 is 1.81 bits per heavy atom. The van der Waals surface area contributed by atoms with Crippen LogP contribution in [0.2, 0.25) is 5.02 Å². The van der Waals surface area contributed by atoms with Crippen molar-refractivity contribution in [1.29, 1.82) is 0 Å². The van der Waals surface area contributed by atoms with Crippen LogP contribution in [0.1, 0.15) is 48.2 Å². The minimum Gasteiger partial charge on any atom is -0.459 e. The molecular formula is C21H23ClN2O3. The zero-order valence-electron chi connectivity index (χ0n) is 15.1. The van der Waals surface area contributed by atoms with Gasteiger partial charge in [-0.1, -0.05) is 30.2 Å². The number of carbonyl (C=O) groups is 2. The molecule has 6 heteroatoms. The number of hydrogen-bond acceptors (Lipinski definition) is 3. The highest BCUT2D eigenvalue weighted by molar-refractivity contribution is 6.30. The molecule has 2 fully saturated rings. The highest BCUT2D eigenvalue weighted by Gasteiger charge is 2.46. The second kappa shape index (κ2) is 7.39. The Morgan fingerprint density at radius 3 is 2.37 bits per heavy atom. The molecule has 1 aliphatic carbocycles. The number of likely N-dealkylation sites (tertiary alicyclic amines) is 1. The van der Waals surface area contributed by atoms with Crippen molar-refractivity contribution in [3.8, 4) is 0 Å². The predicted octanol–water partition coefficient (Wildman–Crippen LogP) is 3.78. The van der Waals surface area contributed by atoms with E-state index in [1.807, 2.05) is 24.3 Å². The molecule has 1 aromatic heterocycles. The molecule has 0 radical (unpaired) electrons. The predicted molar refractivity (Wildman–Crippen MR) is 103 cm³/mol. The summed E-state index contributed by atoms with van der Waals surface area (Å²) in [4.78, 5) is 27.2. The van der Waals surface area contributed by atoms with Gasteiger partial charge in [0.25, 0.3) is 5.91 Å². The Hall–Kier alpha value is -2.27. The van der Waals surface area contributed by atoms with Gasteiger partial charge >= 0.3 is 0 Å². The van der Waals surface area contributed by atoms with Gasteiger partial charge in [-0.3, -0.25) is 9.59 Å². The van der Waals surface area contributed by atoms with Crippen LogP contribution in [0.25, 0.3) is 0 Å². The van der Waals surface area contributed by atoms with Crippen LogP contribution in [-0.4, -0.2) is 35.8 Å². The van der Waals surface area contributed by atoms with Gasteiger partial charge in [-0.05, 0) is 55.5 Å². The molecule has 0 spiro atoms. The lowest BCUT2D eigenvalue weighted by Gasteiger charge is -2.42. The summed E-state index contributed by atoms with van der Waals surface area (Å²) >= 11 is 5.99. The number of rotatable bonds is 4. The fourth-order valence-electron chi connectivity index (χ4n) is 4.05. The fourth-order valence-corrected chi connectivity index (χ4v) is 4.18. The molecule has 27 heavy (non-hydrogen) atoms. The number of benzene rings is 1. The average Bonchev–Trinajstić information content (AvgIpc) is 3.17. The minimum atomic E-state index is -0.425. The first-order chi connectivity index (χ1) is 13.1. The summed E-state index contributed by atoms with van der Waals surface area (Å²) in [6, 6.07) is 11.1. The number of amides is 2. The smallest absolute Gasteiger partial charge is 0.289 e. The number of halogens is 1. The van der Waals surface area contributed by atoms with Crippen molar-refractivity contribution in [2.24, 2.45) is 0 Å². The van der Waals surface area contributed by atoms with Crippen LogP contribution in [0, 0.1) is 0 Å². The summed E-state index contributed by atoms with van der Waals surface area (Å²) in [6.45, 7) is 1.25. The third-order valence-corrected chi connectivity index (χ3v) is 6.14. The summed E-state index contributed by atoms with van der Waals surface area (Å²) in [5.74, 6) is 0.391. The average molecular weight is 387 g/mol. The maximum atomic E-state index is 13.1. The van der Waals surface area contributed by atoms with Crippen LogP contribution in [0.3, 0.4) is 0 Å². The van der Waals surface area contributed by atoms with Crippen LogP contribution < -0.4 is 5.32 Å². The zero-order chi connectivity index (χ0) is 18.9. The molecule has 1 saturated heterocycles. The lowest BCUT2D eigenvalue weighted by atomic mass is 9.63. The molecule has 0 unspecified atom stereocenters. The Kier molecular flexibility index (Phi) is 4.96. The van der Waals surface area contributed by atoms with Gasteiger partial charge < -0.3 is 14.6 Å². The molecule has 1 aromatic carbocycles. The number of nitrogens with one attached hydrogen (secondary N) is 1.